The van der Waals surface area contributed by atoms with Crippen molar-refractivity contribution in [2.45, 2.75) is 0 Å². The number of hydrogen-bond acceptors (Lipinski definition) is 5. The highest BCUT2D eigenvalue weighted by atomic mass is 35.5. The number of methoxy groups -OCH3 is 1. The summed E-state index contributed by atoms with van der Waals surface area (Å²) in [6.45, 7) is -0.505. The fraction of sp³-hybridized carbons (Fsp3) is 0.176. The highest BCUT2D eigenvalue weighted by Crippen LogP contribution is 2.32. The molecule has 0 aromatic heterocycles. The van der Waals surface area contributed by atoms with Crippen molar-refractivity contribution in [2.75, 3.05) is 24.2 Å². The fourth-order valence-electron chi connectivity index (χ4n) is 2.16. The lowest BCUT2D eigenvalue weighted by atomic mass is 10.2. The van der Waals surface area contributed by atoms with Crippen molar-refractivity contribution < 1.29 is 17.9 Å². The molecule has 10 heteroatoms. The first-order valence-electron chi connectivity index (χ1n) is 7.60. The van der Waals surface area contributed by atoms with Crippen LogP contribution in [-0.2, 0) is 14.8 Å². The Morgan fingerprint density at radius 2 is 1.96 bits per heavy atom. The van der Waals surface area contributed by atoms with Gasteiger partial charge in [0.2, 0.25) is 10.0 Å². The molecule has 0 radical (unpaired) electrons. The second-order valence-corrected chi connectivity index (χ2v) is 8.15. The first kappa shape index (κ1) is 21.0. The molecule has 0 aliphatic rings. The molecule has 0 saturated carbocycles. The number of hydrogen-bond donors (Lipinski definition) is 1. The van der Waals surface area contributed by atoms with Crippen molar-refractivity contribution in [1.82, 2.24) is 5.43 Å². The SMILES string of the molecule is COc1ccc(Cl)cc1N(CC(=O)N/N=C\c1ccccc1Cl)S(C)(=O)=O. The predicted molar refractivity (Wildman–Crippen MR) is 107 cm³/mol. The highest BCUT2D eigenvalue weighted by Gasteiger charge is 2.24. The number of benzene rings is 2. The maximum atomic E-state index is 12.2. The first-order valence-corrected chi connectivity index (χ1v) is 10.2. The Labute approximate surface area is 167 Å². The van der Waals surface area contributed by atoms with E-state index in [1.54, 1.807) is 30.3 Å². The van der Waals surface area contributed by atoms with E-state index in [9.17, 15) is 13.2 Å². The highest BCUT2D eigenvalue weighted by molar-refractivity contribution is 7.92. The van der Waals surface area contributed by atoms with Crippen LogP contribution in [0.3, 0.4) is 0 Å². The zero-order chi connectivity index (χ0) is 20.0. The van der Waals surface area contributed by atoms with Gasteiger partial charge in [0.05, 0.1) is 25.3 Å². The van der Waals surface area contributed by atoms with Gasteiger partial charge in [-0.25, -0.2) is 13.8 Å². The van der Waals surface area contributed by atoms with Crippen LogP contribution in [0, 0.1) is 0 Å². The fourth-order valence-corrected chi connectivity index (χ4v) is 3.36. The number of nitrogens with zero attached hydrogens (tertiary/aromatic N) is 2. The molecule has 7 nitrogen and oxygen atoms in total. The molecule has 0 spiro atoms. The quantitative estimate of drug-likeness (QED) is 0.541. The first-order chi connectivity index (χ1) is 12.7. The molecule has 144 valence electrons. The molecule has 0 bridgehead atoms. The van der Waals surface area contributed by atoms with E-state index in [0.29, 0.717) is 15.6 Å². The smallest absolute Gasteiger partial charge is 0.260 e. The maximum absolute atomic E-state index is 12.2. The molecule has 0 aliphatic carbocycles. The minimum absolute atomic E-state index is 0.151. The number of anilines is 1. The average molecular weight is 430 g/mol. The number of ether oxygens (including phenoxy) is 1. The summed E-state index contributed by atoms with van der Waals surface area (Å²) in [6.07, 6.45) is 2.35. The van der Waals surface area contributed by atoms with Gasteiger partial charge in [0.15, 0.2) is 0 Å². The van der Waals surface area contributed by atoms with Crippen molar-refractivity contribution in [3.05, 3.63) is 58.1 Å². The van der Waals surface area contributed by atoms with Gasteiger partial charge in [0.25, 0.3) is 5.91 Å². The van der Waals surface area contributed by atoms with Gasteiger partial charge < -0.3 is 4.74 Å². The van der Waals surface area contributed by atoms with E-state index in [1.165, 1.54) is 25.5 Å². The summed E-state index contributed by atoms with van der Waals surface area (Å²) in [4.78, 5) is 12.2. The predicted octanol–water partition coefficient (Wildman–Crippen LogP) is 2.92. The third kappa shape index (κ3) is 5.85. The van der Waals surface area contributed by atoms with E-state index in [4.69, 9.17) is 27.9 Å². The largest absolute Gasteiger partial charge is 0.495 e. The Balaban J connectivity index is 2.19. The molecule has 1 N–H and O–H groups in total. The molecular formula is C17H17Cl2N3O4S. The van der Waals surface area contributed by atoms with Gasteiger partial charge in [-0.2, -0.15) is 5.10 Å². The molecule has 0 aliphatic heterocycles. The molecule has 0 fully saturated rings. The summed E-state index contributed by atoms with van der Waals surface area (Å²) in [5.41, 5.74) is 3.03. The van der Waals surface area contributed by atoms with Crippen molar-refractivity contribution >= 4 is 51.0 Å². The lowest BCUT2D eigenvalue weighted by Gasteiger charge is -2.23. The van der Waals surface area contributed by atoms with Crippen LogP contribution in [0.5, 0.6) is 5.75 Å². The Morgan fingerprint density at radius 1 is 1.26 bits per heavy atom. The summed E-state index contributed by atoms with van der Waals surface area (Å²) < 4.78 is 30.4. The van der Waals surface area contributed by atoms with Gasteiger partial charge in [0.1, 0.15) is 12.3 Å². The van der Waals surface area contributed by atoms with Crippen LogP contribution in [0.15, 0.2) is 47.6 Å². The van der Waals surface area contributed by atoms with Gasteiger partial charge in [0, 0.05) is 15.6 Å². The third-order valence-electron chi connectivity index (χ3n) is 3.40. The summed E-state index contributed by atoms with van der Waals surface area (Å²) in [6, 6.07) is 11.4. The lowest BCUT2D eigenvalue weighted by Crippen LogP contribution is -2.39. The lowest BCUT2D eigenvalue weighted by molar-refractivity contribution is -0.119. The molecule has 0 saturated heterocycles. The average Bonchev–Trinajstić information content (AvgIpc) is 2.60. The van der Waals surface area contributed by atoms with Crippen LogP contribution in [-0.4, -0.2) is 40.4 Å². The van der Waals surface area contributed by atoms with Crippen LogP contribution >= 0.6 is 23.2 Å². The van der Waals surface area contributed by atoms with Gasteiger partial charge in [-0.05, 0) is 24.3 Å². The van der Waals surface area contributed by atoms with Crippen LogP contribution < -0.4 is 14.5 Å². The number of rotatable bonds is 7. The monoisotopic (exact) mass is 429 g/mol. The minimum Gasteiger partial charge on any atom is -0.495 e. The number of hydrazone groups is 1. The van der Waals surface area contributed by atoms with E-state index in [-0.39, 0.29) is 11.4 Å². The second-order valence-electron chi connectivity index (χ2n) is 5.40. The van der Waals surface area contributed by atoms with Crippen molar-refractivity contribution in [3.63, 3.8) is 0 Å². The Bertz CT molecular complexity index is 964. The maximum Gasteiger partial charge on any atom is 0.260 e. The van der Waals surface area contributed by atoms with Crippen molar-refractivity contribution in [1.29, 1.82) is 0 Å². The Kier molecular flexibility index (Phi) is 7.06. The topological polar surface area (TPSA) is 88.1 Å². The second kappa shape index (κ2) is 9.07. The molecule has 27 heavy (non-hydrogen) atoms. The normalized spacial score (nSPS) is 11.4. The number of halogens is 2. The number of amides is 1. The molecule has 2 aromatic carbocycles. The summed E-state index contributed by atoms with van der Waals surface area (Å²) in [5.74, 6) is -0.386. The van der Waals surface area contributed by atoms with E-state index >= 15 is 0 Å². The van der Waals surface area contributed by atoms with Crippen LogP contribution in [0.4, 0.5) is 5.69 Å². The standard InChI is InChI=1S/C17H17Cl2N3O4S/c1-26-16-8-7-13(18)9-15(16)22(27(2,24)25)11-17(23)21-20-10-12-5-3-4-6-14(12)19/h3-10H,11H2,1-2H3,(H,21,23)/b20-10-. The molecule has 0 heterocycles. The molecule has 2 rings (SSSR count). The molecule has 0 atom stereocenters. The zero-order valence-corrected chi connectivity index (χ0v) is 16.8. The van der Waals surface area contributed by atoms with E-state index in [0.717, 1.165) is 10.6 Å². The van der Waals surface area contributed by atoms with E-state index in [1.807, 2.05) is 0 Å². The number of sulfonamides is 1. The van der Waals surface area contributed by atoms with Gasteiger partial charge in [-0.15, -0.1) is 0 Å². The number of carbonyl (C=O) groups is 1. The summed E-state index contributed by atoms with van der Waals surface area (Å²) in [7, 11) is -2.40. The van der Waals surface area contributed by atoms with Crippen LogP contribution in [0.25, 0.3) is 0 Å². The molecular weight excluding hydrogens is 413 g/mol. The summed E-state index contributed by atoms with van der Waals surface area (Å²) >= 11 is 12.0. The van der Waals surface area contributed by atoms with Gasteiger partial charge >= 0.3 is 0 Å². The molecule has 1 amide bonds. The van der Waals surface area contributed by atoms with Gasteiger partial charge in [-0.3, -0.25) is 9.10 Å². The van der Waals surface area contributed by atoms with E-state index < -0.39 is 22.5 Å². The van der Waals surface area contributed by atoms with E-state index in [2.05, 4.69) is 10.5 Å². The number of carbonyl (C=O) groups excluding carboxylic acids is 1. The van der Waals surface area contributed by atoms with Crippen molar-refractivity contribution in [3.8, 4) is 5.75 Å². The van der Waals surface area contributed by atoms with Crippen LogP contribution in [0.1, 0.15) is 5.56 Å². The number of nitrogens with one attached hydrogen (secondary N) is 1. The molecule has 0 unspecified atom stereocenters. The Morgan fingerprint density at radius 3 is 2.59 bits per heavy atom. The third-order valence-corrected chi connectivity index (χ3v) is 5.10. The molecule has 2 aromatic rings. The Hall–Kier alpha value is -2.29. The minimum atomic E-state index is -3.79. The zero-order valence-electron chi connectivity index (χ0n) is 14.5. The van der Waals surface area contributed by atoms with Crippen molar-refractivity contribution in [2.24, 2.45) is 5.10 Å². The van der Waals surface area contributed by atoms with Crippen LogP contribution in [0.2, 0.25) is 10.0 Å². The summed E-state index contributed by atoms with van der Waals surface area (Å²) in [5, 5.41) is 4.58. The van der Waals surface area contributed by atoms with Gasteiger partial charge in [-0.1, -0.05) is 41.4 Å².